The Morgan fingerprint density at radius 1 is 0.944 bits per heavy atom. The Hall–Kier alpha value is -1.71. The molecule has 2 aromatic rings. The molecule has 5 heteroatoms. The molecular weight excluding hydrogens is 273 g/mol. The minimum atomic E-state index is -0.952. The van der Waals surface area contributed by atoms with Gasteiger partial charge in [-0.1, -0.05) is 23.2 Å². The molecule has 0 saturated heterocycles. The highest BCUT2D eigenvalue weighted by Crippen LogP contribution is 2.25. The van der Waals surface area contributed by atoms with Crippen LogP contribution in [0, 0.1) is 0 Å². The summed E-state index contributed by atoms with van der Waals surface area (Å²) in [5.74, 6) is -0.952. The van der Waals surface area contributed by atoms with Gasteiger partial charge in [-0.2, -0.15) is 0 Å². The van der Waals surface area contributed by atoms with E-state index in [1.807, 2.05) is 0 Å². The van der Waals surface area contributed by atoms with Crippen molar-refractivity contribution < 1.29 is 9.90 Å². The van der Waals surface area contributed by atoms with Crippen molar-refractivity contribution in [2.75, 3.05) is 5.32 Å². The number of halogens is 2. The largest absolute Gasteiger partial charge is 0.478 e. The van der Waals surface area contributed by atoms with Crippen LogP contribution in [0.3, 0.4) is 0 Å². The minimum Gasteiger partial charge on any atom is -0.478 e. The highest BCUT2D eigenvalue weighted by atomic mass is 35.5. The van der Waals surface area contributed by atoms with E-state index in [0.717, 1.165) is 11.4 Å². The molecule has 2 aromatic carbocycles. The zero-order chi connectivity index (χ0) is 13.1. The Labute approximate surface area is 114 Å². The normalized spacial score (nSPS) is 10.1. The van der Waals surface area contributed by atoms with Crippen LogP contribution in [-0.4, -0.2) is 11.1 Å². The quantitative estimate of drug-likeness (QED) is 0.875. The number of benzene rings is 2. The third-order valence-electron chi connectivity index (χ3n) is 2.28. The standard InChI is InChI=1S/C13H9Cl2NO2/c14-9-5-10(15)7-12(6-9)16-11-3-1-8(2-4-11)13(17)18/h1-7,16H,(H,17,18). The molecule has 92 valence electrons. The number of rotatable bonds is 3. The van der Waals surface area contributed by atoms with Gasteiger partial charge < -0.3 is 10.4 Å². The van der Waals surface area contributed by atoms with Crippen LogP contribution in [0.4, 0.5) is 11.4 Å². The molecule has 0 unspecified atom stereocenters. The zero-order valence-electron chi connectivity index (χ0n) is 9.15. The van der Waals surface area contributed by atoms with Crippen molar-refractivity contribution in [3.8, 4) is 0 Å². The van der Waals surface area contributed by atoms with Crippen molar-refractivity contribution in [2.24, 2.45) is 0 Å². The van der Waals surface area contributed by atoms with Gasteiger partial charge in [0.1, 0.15) is 0 Å². The summed E-state index contributed by atoms with van der Waals surface area (Å²) in [6.45, 7) is 0. The smallest absolute Gasteiger partial charge is 0.335 e. The maximum atomic E-state index is 10.7. The van der Waals surface area contributed by atoms with Crippen LogP contribution in [0.5, 0.6) is 0 Å². The molecule has 0 radical (unpaired) electrons. The van der Waals surface area contributed by atoms with Crippen molar-refractivity contribution >= 4 is 40.5 Å². The second kappa shape index (κ2) is 5.29. The molecule has 0 aliphatic heterocycles. The molecule has 0 amide bonds. The number of aromatic carboxylic acids is 1. The van der Waals surface area contributed by atoms with Crippen LogP contribution in [0.2, 0.25) is 10.0 Å². The number of hydrogen-bond donors (Lipinski definition) is 2. The predicted molar refractivity (Wildman–Crippen MR) is 73.1 cm³/mol. The van der Waals surface area contributed by atoms with Crippen molar-refractivity contribution in [2.45, 2.75) is 0 Å². The lowest BCUT2D eigenvalue weighted by Crippen LogP contribution is -1.96. The first kappa shape index (κ1) is 12.7. The molecule has 0 saturated carbocycles. The summed E-state index contributed by atoms with van der Waals surface area (Å²) in [6, 6.07) is 11.5. The summed E-state index contributed by atoms with van der Waals surface area (Å²) in [7, 11) is 0. The summed E-state index contributed by atoms with van der Waals surface area (Å²) in [6.07, 6.45) is 0. The first-order chi connectivity index (χ1) is 8.54. The molecule has 0 heterocycles. The van der Waals surface area contributed by atoms with Crippen LogP contribution in [0.1, 0.15) is 10.4 Å². The van der Waals surface area contributed by atoms with Crippen molar-refractivity contribution in [3.05, 3.63) is 58.1 Å². The number of carboxylic acids is 1. The van der Waals surface area contributed by atoms with E-state index in [0.29, 0.717) is 10.0 Å². The summed E-state index contributed by atoms with van der Waals surface area (Å²) in [5.41, 5.74) is 1.75. The van der Waals surface area contributed by atoms with E-state index in [1.165, 1.54) is 12.1 Å². The van der Waals surface area contributed by atoms with E-state index in [4.69, 9.17) is 28.3 Å². The summed E-state index contributed by atoms with van der Waals surface area (Å²) >= 11 is 11.8. The first-order valence-electron chi connectivity index (χ1n) is 5.11. The summed E-state index contributed by atoms with van der Waals surface area (Å²) < 4.78 is 0. The average molecular weight is 282 g/mol. The maximum Gasteiger partial charge on any atom is 0.335 e. The molecule has 0 aromatic heterocycles. The second-order valence-corrected chi connectivity index (χ2v) is 4.54. The number of carbonyl (C=O) groups is 1. The van der Waals surface area contributed by atoms with Gasteiger partial charge in [-0.15, -0.1) is 0 Å². The highest BCUT2D eigenvalue weighted by Gasteiger charge is 2.02. The van der Waals surface area contributed by atoms with Gasteiger partial charge in [0, 0.05) is 21.4 Å². The molecule has 2 N–H and O–H groups in total. The van der Waals surface area contributed by atoms with Crippen molar-refractivity contribution in [3.63, 3.8) is 0 Å². The Morgan fingerprint density at radius 2 is 1.50 bits per heavy atom. The van der Waals surface area contributed by atoms with E-state index in [2.05, 4.69) is 5.32 Å². The van der Waals surface area contributed by atoms with Gasteiger partial charge >= 0.3 is 5.97 Å². The van der Waals surface area contributed by atoms with Gasteiger partial charge in [-0.25, -0.2) is 4.79 Å². The molecule has 0 spiro atoms. The molecule has 0 aliphatic carbocycles. The monoisotopic (exact) mass is 281 g/mol. The third-order valence-corrected chi connectivity index (χ3v) is 2.72. The maximum absolute atomic E-state index is 10.7. The number of anilines is 2. The lowest BCUT2D eigenvalue weighted by atomic mass is 10.2. The van der Waals surface area contributed by atoms with Crippen LogP contribution < -0.4 is 5.32 Å². The van der Waals surface area contributed by atoms with Gasteiger partial charge in [0.2, 0.25) is 0 Å². The fourth-order valence-electron chi connectivity index (χ4n) is 1.49. The van der Waals surface area contributed by atoms with Gasteiger partial charge in [-0.05, 0) is 42.5 Å². The van der Waals surface area contributed by atoms with Gasteiger partial charge in [0.05, 0.1) is 5.56 Å². The average Bonchev–Trinajstić information content (AvgIpc) is 2.28. The molecule has 0 bridgehead atoms. The SMILES string of the molecule is O=C(O)c1ccc(Nc2cc(Cl)cc(Cl)c2)cc1. The predicted octanol–water partition coefficient (Wildman–Crippen LogP) is 4.44. The highest BCUT2D eigenvalue weighted by molar-refractivity contribution is 6.35. The molecule has 3 nitrogen and oxygen atoms in total. The Balaban J connectivity index is 2.20. The number of hydrogen-bond acceptors (Lipinski definition) is 2. The Bertz CT molecular complexity index is 562. The lowest BCUT2D eigenvalue weighted by Gasteiger charge is -2.07. The molecule has 0 aliphatic rings. The van der Waals surface area contributed by atoms with Crippen LogP contribution >= 0.6 is 23.2 Å². The van der Waals surface area contributed by atoms with Crippen LogP contribution in [0.25, 0.3) is 0 Å². The van der Waals surface area contributed by atoms with Gasteiger partial charge in [0.25, 0.3) is 0 Å². The zero-order valence-corrected chi connectivity index (χ0v) is 10.7. The Kier molecular flexibility index (Phi) is 3.75. The molecule has 0 atom stereocenters. The minimum absolute atomic E-state index is 0.240. The first-order valence-corrected chi connectivity index (χ1v) is 5.87. The fraction of sp³-hybridized carbons (Fsp3) is 0. The summed E-state index contributed by atoms with van der Waals surface area (Å²) in [4.78, 5) is 10.7. The number of carboxylic acid groups (broad SMARTS) is 1. The molecule has 2 rings (SSSR count). The van der Waals surface area contributed by atoms with Gasteiger partial charge in [-0.3, -0.25) is 0 Å². The second-order valence-electron chi connectivity index (χ2n) is 3.67. The van der Waals surface area contributed by atoms with Gasteiger partial charge in [0.15, 0.2) is 0 Å². The van der Waals surface area contributed by atoms with E-state index >= 15 is 0 Å². The lowest BCUT2D eigenvalue weighted by molar-refractivity contribution is 0.0697. The van der Waals surface area contributed by atoms with Crippen LogP contribution in [-0.2, 0) is 0 Å². The molecule has 18 heavy (non-hydrogen) atoms. The summed E-state index contributed by atoms with van der Waals surface area (Å²) in [5, 5.41) is 12.9. The van der Waals surface area contributed by atoms with Crippen molar-refractivity contribution in [1.82, 2.24) is 0 Å². The third kappa shape index (κ3) is 3.15. The van der Waals surface area contributed by atoms with Crippen molar-refractivity contribution in [1.29, 1.82) is 0 Å². The van der Waals surface area contributed by atoms with E-state index in [9.17, 15) is 4.79 Å². The fourth-order valence-corrected chi connectivity index (χ4v) is 2.01. The molecule has 0 fully saturated rings. The topological polar surface area (TPSA) is 49.3 Å². The Morgan fingerprint density at radius 3 is 2.00 bits per heavy atom. The van der Waals surface area contributed by atoms with Crippen LogP contribution in [0.15, 0.2) is 42.5 Å². The van der Waals surface area contributed by atoms with E-state index in [1.54, 1.807) is 30.3 Å². The van der Waals surface area contributed by atoms with E-state index < -0.39 is 5.97 Å². The van der Waals surface area contributed by atoms with E-state index in [-0.39, 0.29) is 5.56 Å². The number of nitrogens with one attached hydrogen (secondary N) is 1. The molecular formula is C13H9Cl2NO2.